The molecule has 1 heterocycles. The standard InChI is InChI=1S/C16H17N3O3S/c1-19(16-17-8-3-9-18-16)10-15(21)22-11-14(20)12-4-6-13(23-2)7-5-12/h3-9H,10-11H2,1-2H3. The Morgan fingerprint density at radius 3 is 2.43 bits per heavy atom. The first kappa shape index (κ1) is 17.0. The third-order valence-electron chi connectivity index (χ3n) is 3.04. The maximum atomic E-state index is 12.0. The van der Waals surface area contributed by atoms with Crippen molar-refractivity contribution in [1.29, 1.82) is 0 Å². The van der Waals surface area contributed by atoms with Crippen molar-refractivity contribution in [2.45, 2.75) is 4.90 Å². The number of thioether (sulfide) groups is 1. The number of anilines is 1. The maximum Gasteiger partial charge on any atom is 0.326 e. The van der Waals surface area contributed by atoms with Crippen LogP contribution in [0, 0.1) is 0 Å². The number of carbonyl (C=O) groups is 2. The van der Waals surface area contributed by atoms with Crippen molar-refractivity contribution >= 4 is 29.5 Å². The topological polar surface area (TPSA) is 72.4 Å². The number of likely N-dealkylation sites (N-methyl/N-ethyl adjacent to an activating group) is 1. The molecule has 0 amide bonds. The number of benzene rings is 1. The van der Waals surface area contributed by atoms with Crippen LogP contribution in [0.1, 0.15) is 10.4 Å². The van der Waals surface area contributed by atoms with Crippen LogP contribution in [0.4, 0.5) is 5.95 Å². The number of ketones is 1. The summed E-state index contributed by atoms with van der Waals surface area (Å²) in [5, 5.41) is 0. The van der Waals surface area contributed by atoms with E-state index in [9.17, 15) is 9.59 Å². The molecule has 0 bridgehead atoms. The van der Waals surface area contributed by atoms with Crippen molar-refractivity contribution in [2.75, 3.05) is 31.4 Å². The zero-order chi connectivity index (χ0) is 16.7. The Balaban J connectivity index is 1.82. The highest BCUT2D eigenvalue weighted by Crippen LogP contribution is 2.15. The van der Waals surface area contributed by atoms with E-state index in [4.69, 9.17) is 4.74 Å². The van der Waals surface area contributed by atoms with E-state index in [1.165, 1.54) is 0 Å². The number of nitrogens with zero attached hydrogens (tertiary/aromatic N) is 3. The molecule has 0 fully saturated rings. The first-order valence-corrected chi connectivity index (χ1v) is 8.13. The molecule has 120 valence electrons. The number of rotatable bonds is 7. The predicted octanol–water partition coefficient (Wildman–Crippen LogP) is 2.06. The lowest BCUT2D eigenvalue weighted by Gasteiger charge is -2.15. The molecule has 2 rings (SSSR count). The van der Waals surface area contributed by atoms with Gasteiger partial charge in [-0.25, -0.2) is 9.97 Å². The first-order chi connectivity index (χ1) is 11.1. The van der Waals surface area contributed by atoms with Crippen molar-refractivity contribution in [3.63, 3.8) is 0 Å². The molecule has 23 heavy (non-hydrogen) atoms. The van der Waals surface area contributed by atoms with E-state index < -0.39 is 5.97 Å². The van der Waals surface area contributed by atoms with Gasteiger partial charge in [0.15, 0.2) is 12.4 Å². The number of aromatic nitrogens is 2. The van der Waals surface area contributed by atoms with Gasteiger partial charge in [0.1, 0.15) is 6.54 Å². The monoisotopic (exact) mass is 331 g/mol. The van der Waals surface area contributed by atoms with E-state index in [1.54, 1.807) is 54.3 Å². The van der Waals surface area contributed by atoms with Crippen LogP contribution in [-0.2, 0) is 9.53 Å². The molecule has 7 heteroatoms. The predicted molar refractivity (Wildman–Crippen MR) is 88.8 cm³/mol. The molecular weight excluding hydrogens is 314 g/mol. The van der Waals surface area contributed by atoms with E-state index in [2.05, 4.69) is 9.97 Å². The van der Waals surface area contributed by atoms with Gasteiger partial charge in [-0.15, -0.1) is 11.8 Å². The summed E-state index contributed by atoms with van der Waals surface area (Å²) in [6.45, 7) is -0.302. The van der Waals surface area contributed by atoms with E-state index in [0.29, 0.717) is 11.5 Å². The van der Waals surface area contributed by atoms with E-state index >= 15 is 0 Å². The molecule has 0 saturated carbocycles. The Bertz CT molecular complexity index is 662. The molecule has 0 aliphatic rings. The number of carbonyl (C=O) groups excluding carboxylic acids is 2. The molecule has 2 aromatic rings. The summed E-state index contributed by atoms with van der Waals surface area (Å²) in [5.41, 5.74) is 0.523. The summed E-state index contributed by atoms with van der Waals surface area (Å²) in [5.74, 6) is -0.318. The number of esters is 1. The smallest absolute Gasteiger partial charge is 0.326 e. The van der Waals surface area contributed by atoms with Crippen LogP contribution >= 0.6 is 11.8 Å². The summed E-state index contributed by atoms with van der Waals surface area (Å²) in [6.07, 6.45) is 5.14. The molecule has 0 aliphatic heterocycles. The van der Waals surface area contributed by atoms with Crippen molar-refractivity contribution in [1.82, 2.24) is 9.97 Å². The molecule has 0 aliphatic carbocycles. The average Bonchev–Trinajstić information content (AvgIpc) is 2.60. The van der Waals surface area contributed by atoms with Gasteiger partial charge in [0.2, 0.25) is 5.95 Å². The lowest BCUT2D eigenvalue weighted by Crippen LogP contribution is -2.29. The molecule has 1 aromatic heterocycles. The molecule has 0 N–H and O–H groups in total. The van der Waals surface area contributed by atoms with Crippen molar-refractivity contribution in [3.8, 4) is 0 Å². The van der Waals surface area contributed by atoms with Gasteiger partial charge in [0.05, 0.1) is 0 Å². The second-order valence-electron chi connectivity index (χ2n) is 4.72. The summed E-state index contributed by atoms with van der Waals surface area (Å²) in [7, 11) is 1.68. The van der Waals surface area contributed by atoms with E-state index in [-0.39, 0.29) is 18.9 Å². The summed E-state index contributed by atoms with van der Waals surface area (Å²) in [6, 6.07) is 8.87. The second-order valence-corrected chi connectivity index (χ2v) is 5.60. The van der Waals surface area contributed by atoms with E-state index in [1.807, 2.05) is 18.4 Å². The third-order valence-corrected chi connectivity index (χ3v) is 3.78. The van der Waals surface area contributed by atoms with Crippen LogP contribution in [0.3, 0.4) is 0 Å². The van der Waals surface area contributed by atoms with Crippen LogP contribution < -0.4 is 4.90 Å². The maximum absolute atomic E-state index is 12.0. The molecular formula is C16H17N3O3S. The van der Waals surface area contributed by atoms with Crippen LogP contribution in [0.2, 0.25) is 0 Å². The van der Waals surface area contributed by atoms with Crippen molar-refractivity contribution in [2.24, 2.45) is 0 Å². The third kappa shape index (κ3) is 5.07. The Hall–Kier alpha value is -2.41. The van der Waals surface area contributed by atoms with Crippen LogP contribution in [0.5, 0.6) is 0 Å². The normalized spacial score (nSPS) is 10.2. The highest BCUT2D eigenvalue weighted by atomic mass is 32.2. The number of hydrogen-bond acceptors (Lipinski definition) is 7. The van der Waals surface area contributed by atoms with Crippen LogP contribution in [0.15, 0.2) is 47.6 Å². The fourth-order valence-corrected chi connectivity index (χ4v) is 2.21. The first-order valence-electron chi connectivity index (χ1n) is 6.91. The van der Waals surface area contributed by atoms with Crippen LogP contribution in [0.25, 0.3) is 0 Å². The molecule has 0 radical (unpaired) electrons. The van der Waals surface area contributed by atoms with Gasteiger partial charge >= 0.3 is 5.97 Å². The lowest BCUT2D eigenvalue weighted by molar-refractivity contribution is -0.140. The average molecular weight is 331 g/mol. The lowest BCUT2D eigenvalue weighted by atomic mass is 10.1. The van der Waals surface area contributed by atoms with Crippen molar-refractivity contribution < 1.29 is 14.3 Å². The Morgan fingerprint density at radius 2 is 1.83 bits per heavy atom. The highest BCUT2D eigenvalue weighted by molar-refractivity contribution is 7.98. The minimum absolute atomic E-state index is 0.0251. The van der Waals surface area contributed by atoms with Gasteiger partial charge in [0.25, 0.3) is 0 Å². The quantitative estimate of drug-likeness (QED) is 0.437. The molecule has 0 atom stereocenters. The zero-order valence-electron chi connectivity index (χ0n) is 12.9. The fourth-order valence-electron chi connectivity index (χ4n) is 1.80. The number of hydrogen-bond donors (Lipinski definition) is 0. The summed E-state index contributed by atoms with van der Waals surface area (Å²) in [4.78, 5) is 34.5. The Kier molecular flexibility index (Phi) is 6.10. The summed E-state index contributed by atoms with van der Waals surface area (Å²) < 4.78 is 5.02. The van der Waals surface area contributed by atoms with Crippen molar-refractivity contribution in [3.05, 3.63) is 48.3 Å². The minimum atomic E-state index is -0.506. The van der Waals surface area contributed by atoms with Gasteiger partial charge in [-0.3, -0.25) is 9.59 Å². The van der Waals surface area contributed by atoms with Crippen LogP contribution in [-0.4, -0.2) is 48.2 Å². The Morgan fingerprint density at radius 1 is 1.17 bits per heavy atom. The van der Waals surface area contributed by atoms with E-state index in [0.717, 1.165) is 4.90 Å². The van der Waals surface area contributed by atoms with Gasteiger partial charge < -0.3 is 9.64 Å². The molecule has 0 spiro atoms. The van der Waals surface area contributed by atoms with Gasteiger partial charge in [-0.1, -0.05) is 12.1 Å². The molecule has 1 aromatic carbocycles. The molecule has 0 saturated heterocycles. The Labute approximate surface area is 138 Å². The molecule has 0 unspecified atom stereocenters. The number of ether oxygens (including phenoxy) is 1. The second kappa shape index (κ2) is 8.28. The zero-order valence-corrected chi connectivity index (χ0v) is 13.7. The van der Waals surface area contributed by atoms with Gasteiger partial charge in [-0.05, 0) is 24.5 Å². The minimum Gasteiger partial charge on any atom is -0.456 e. The molecule has 6 nitrogen and oxygen atoms in total. The largest absolute Gasteiger partial charge is 0.456 e. The van der Waals surface area contributed by atoms with Gasteiger partial charge in [-0.2, -0.15) is 0 Å². The highest BCUT2D eigenvalue weighted by Gasteiger charge is 2.13. The SMILES string of the molecule is CSc1ccc(C(=O)COC(=O)CN(C)c2ncccn2)cc1. The van der Waals surface area contributed by atoms with Gasteiger partial charge in [0, 0.05) is 29.9 Å². The fraction of sp³-hybridized carbons (Fsp3) is 0.250. The summed E-state index contributed by atoms with van der Waals surface area (Å²) >= 11 is 1.60. The number of Topliss-reactive ketones (excluding diaryl/α,β-unsaturated/α-hetero) is 1.